The number of nitrogens with zero attached hydrogens (tertiary/aromatic N) is 1. The van der Waals surface area contributed by atoms with Gasteiger partial charge < -0.3 is 14.7 Å². The van der Waals surface area contributed by atoms with Crippen LogP contribution in [0.1, 0.15) is 26.3 Å². The molecule has 4 heteroatoms. The zero-order valence-electron chi connectivity index (χ0n) is 14.1. The molecule has 2 aromatic carbocycles. The van der Waals surface area contributed by atoms with Crippen LogP contribution in [0.4, 0.5) is 5.69 Å². The fourth-order valence-corrected chi connectivity index (χ4v) is 2.57. The van der Waals surface area contributed by atoms with E-state index >= 15 is 0 Å². The van der Waals surface area contributed by atoms with Gasteiger partial charge in [-0.25, -0.2) is 4.79 Å². The molecule has 0 heterocycles. The van der Waals surface area contributed by atoms with Crippen LogP contribution < -0.4 is 9.64 Å². The van der Waals surface area contributed by atoms with Crippen molar-refractivity contribution in [3.63, 3.8) is 0 Å². The van der Waals surface area contributed by atoms with Gasteiger partial charge in [0.15, 0.2) is 5.75 Å². The van der Waals surface area contributed by atoms with E-state index in [2.05, 4.69) is 6.58 Å². The molecule has 0 amide bonds. The highest BCUT2D eigenvalue weighted by molar-refractivity contribution is 6.01. The lowest BCUT2D eigenvalue weighted by atomic mass is 10.0. The predicted octanol–water partition coefficient (Wildman–Crippen LogP) is 4.18. The van der Waals surface area contributed by atoms with Crippen molar-refractivity contribution in [2.45, 2.75) is 27.7 Å². The Balaban J connectivity index is 2.75. The van der Waals surface area contributed by atoms with Gasteiger partial charge >= 0.3 is 5.97 Å². The summed E-state index contributed by atoms with van der Waals surface area (Å²) in [6.07, 6.45) is 0. The van der Waals surface area contributed by atoms with Gasteiger partial charge in [-0.15, -0.1) is 0 Å². The van der Waals surface area contributed by atoms with Crippen LogP contribution in [0.3, 0.4) is 0 Å². The van der Waals surface area contributed by atoms with E-state index in [1.807, 2.05) is 43.9 Å². The predicted molar refractivity (Wildman–Crippen MR) is 94.4 cm³/mol. The fourth-order valence-electron chi connectivity index (χ4n) is 2.57. The van der Waals surface area contributed by atoms with Crippen LogP contribution in [0.5, 0.6) is 11.5 Å². The summed E-state index contributed by atoms with van der Waals surface area (Å²) in [6, 6.07) is 7.36. The number of anilines is 1. The summed E-state index contributed by atoms with van der Waals surface area (Å²) in [6.45, 7) is 12.7. The third kappa shape index (κ3) is 3.31. The highest BCUT2D eigenvalue weighted by Crippen LogP contribution is 2.42. The highest BCUT2D eigenvalue weighted by Gasteiger charge is 2.19. The van der Waals surface area contributed by atoms with Gasteiger partial charge in [-0.3, -0.25) is 0 Å². The van der Waals surface area contributed by atoms with Crippen molar-refractivity contribution in [2.24, 2.45) is 0 Å². The minimum atomic E-state index is -0.467. The van der Waals surface area contributed by atoms with E-state index in [1.165, 1.54) is 0 Å². The lowest BCUT2D eigenvalue weighted by Gasteiger charge is -2.25. The molecule has 0 aliphatic rings. The minimum absolute atomic E-state index is 0.181. The first-order valence-corrected chi connectivity index (χ1v) is 7.78. The first kappa shape index (κ1) is 16.9. The number of rotatable bonds is 5. The molecule has 0 aliphatic carbocycles. The van der Waals surface area contributed by atoms with Gasteiger partial charge in [0.25, 0.3) is 0 Å². The number of ether oxygens (including phenoxy) is 1. The number of hydrogen-bond acceptors (Lipinski definition) is 4. The lowest BCUT2D eigenvalue weighted by Crippen LogP contribution is -2.23. The summed E-state index contributed by atoms with van der Waals surface area (Å²) in [5.74, 6) is 0.182. The molecule has 0 saturated carbocycles. The molecule has 0 aromatic heterocycles. The molecule has 23 heavy (non-hydrogen) atoms. The van der Waals surface area contributed by atoms with Crippen molar-refractivity contribution >= 4 is 22.4 Å². The van der Waals surface area contributed by atoms with Crippen LogP contribution in [-0.4, -0.2) is 24.2 Å². The summed E-state index contributed by atoms with van der Waals surface area (Å²) in [4.78, 5) is 14.1. The van der Waals surface area contributed by atoms with Crippen molar-refractivity contribution in [1.82, 2.24) is 0 Å². The normalized spacial score (nSPS) is 10.6. The van der Waals surface area contributed by atoms with Crippen LogP contribution in [0.2, 0.25) is 0 Å². The smallest absolute Gasteiger partial charge is 0.338 e. The zero-order chi connectivity index (χ0) is 17.1. The van der Waals surface area contributed by atoms with Gasteiger partial charge in [-0.05, 0) is 33.8 Å². The topological polar surface area (TPSA) is 49.8 Å². The Bertz CT molecular complexity index is 761. The molecular weight excluding hydrogens is 290 g/mol. The van der Waals surface area contributed by atoms with E-state index in [1.54, 1.807) is 13.0 Å². The van der Waals surface area contributed by atoms with Gasteiger partial charge in [0.05, 0.1) is 5.69 Å². The van der Waals surface area contributed by atoms with Gasteiger partial charge in [-0.2, -0.15) is 0 Å². The van der Waals surface area contributed by atoms with E-state index < -0.39 is 5.97 Å². The summed E-state index contributed by atoms with van der Waals surface area (Å²) in [7, 11) is 0. The molecule has 0 unspecified atom stereocenters. The second-order valence-corrected chi connectivity index (χ2v) is 5.64. The number of phenols is 1. The van der Waals surface area contributed by atoms with Crippen LogP contribution >= 0.6 is 0 Å². The molecule has 2 aromatic rings. The number of aromatic hydroxyl groups is 1. The maximum Gasteiger partial charge on any atom is 0.338 e. The summed E-state index contributed by atoms with van der Waals surface area (Å²) in [5.41, 5.74) is 2.07. The Labute approximate surface area is 137 Å². The monoisotopic (exact) mass is 313 g/mol. The average molecular weight is 313 g/mol. The maximum atomic E-state index is 12.1. The Morgan fingerprint density at radius 1 is 1.22 bits per heavy atom. The molecule has 2 rings (SSSR count). The van der Waals surface area contributed by atoms with Crippen molar-refractivity contribution in [1.29, 1.82) is 0 Å². The number of benzene rings is 2. The first-order valence-electron chi connectivity index (χ1n) is 7.78. The third-order valence-electron chi connectivity index (χ3n) is 3.85. The molecule has 0 bridgehead atoms. The van der Waals surface area contributed by atoms with Gasteiger partial charge in [0.2, 0.25) is 0 Å². The summed E-state index contributed by atoms with van der Waals surface area (Å²) < 4.78 is 5.61. The summed E-state index contributed by atoms with van der Waals surface area (Å²) >= 11 is 0. The van der Waals surface area contributed by atoms with Crippen molar-refractivity contribution in [3.8, 4) is 11.5 Å². The number of aryl methyl sites for hydroxylation is 1. The average Bonchev–Trinajstić information content (AvgIpc) is 2.51. The quantitative estimate of drug-likeness (QED) is 0.511. The molecule has 0 aliphatic heterocycles. The summed E-state index contributed by atoms with van der Waals surface area (Å²) in [5, 5.41) is 11.8. The molecule has 0 atom stereocenters. The molecule has 0 radical (unpaired) electrons. The largest absolute Gasteiger partial charge is 0.507 e. The van der Waals surface area contributed by atoms with Gasteiger partial charge in [0, 0.05) is 35.5 Å². The Hall–Kier alpha value is -2.49. The molecular formula is C19H23NO3. The Morgan fingerprint density at radius 2 is 1.87 bits per heavy atom. The second kappa shape index (κ2) is 6.73. The SMILES string of the molecule is C=C(C)C(=O)Oc1c(N(CC)CC)cc(O)c2cc(C)ccc12. The van der Waals surface area contributed by atoms with Gasteiger partial charge in [0.1, 0.15) is 5.75 Å². The first-order chi connectivity index (χ1) is 10.9. The number of carbonyl (C=O) groups excluding carboxylic acids is 1. The molecule has 0 fully saturated rings. The number of esters is 1. The van der Waals surface area contributed by atoms with E-state index in [-0.39, 0.29) is 5.75 Å². The third-order valence-corrected chi connectivity index (χ3v) is 3.85. The number of hydrogen-bond donors (Lipinski definition) is 1. The van der Waals surface area contributed by atoms with E-state index in [0.717, 1.165) is 18.7 Å². The van der Waals surface area contributed by atoms with E-state index in [4.69, 9.17) is 4.74 Å². The van der Waals surface area contributed by atoms with Gasteiger partial charge in [-0.1, -0.05) is 24.3 Å². The van der Waals surface area contributed by atoms with Crippen LogP contribution in [0.15, 0.2) is 36.4 Å². The number of carbonyl (C=O) groups is 1. The Kier molecular flexibility index (Phi) is 4.94. The van der Waals surface area contributed by atoms with Crippen LogP contribution in [0.25, 0.3) is 10.8 Å². The second-order valence-electron chi connectivity index (χ2n) is 5.64. The molecule has 4 nitrogen and oxygen atoms in total. The molecule has 0 spiro atoms. The fraction of sp³-hybridized carbons (Fsp3) is 0.316. The molecule has 122 valence electrons. The molecule has 1 N–H and O–H groups in total. The standard InChI is InChI=1S/C19H23NO3/c1-6-20(7-2)16-11-17(21)15-10-13(5)8-9-14(15)18(16)23-19(22)12(3)4/h8-11,21H,3,6-7H2,1-2,4-5H3. The zero-order valence-corrected chi connectivity index (χ0v) is 14.1. The van der Waals surface area contributed by atoms with Crippen LogP contribution in [-0.2, 0) is 4.79 Å². The number of phenolic OH excluding ortho intramolecular Hbond substituents is 1. The Morgan fingerprint density at radius 3 is 2.43 bits per heavy atom. The van der Waals surface area contributed by atoms with E-state index in [9.17, 15) is 9.90 Å². The van der Waals surface area contributed by atoms with Crippen molar-refractivity contribution < 1.29 is 14.6 Å². The maximum absolute atomic E-state index is 12.1. The lowest BCUT2D eigenvalue weighted by molar-refractivity contribution is -0.129. The minimum Gasteiger partial charge on any atom is -0.507 e. The van der Waals surface area contributed by atoms with Crippen LogP contribution in [0, 0.1) is 6.92 Å². The van der Waals surface area contributed by atoms with Crippen molar-refractivity contribution in [2.75, 3.05) is 18.0 Å². The highest BCUT2D eigenvalue weighted by atomic mass is 16.5. The molecule has 0 saturated heterocycles. The number of fused-ring (bicyclic) bond motifs is 1. The van der Waals surface area contributed by atoms with Crippen molar-refractivity contribution in [3.05, 3.63) is 42.0 Å². The van der Waals surface area contributed by atoms with E-state index in [0.29, 0.717) is 27.8 Å².